The highest BCUT2D eigenvalue weighted by molar-refractivity contribution is 6.01. The van der Waals surface area contributed by atoms with Crippen molar-refractivity contribution in [2.75, 3.05) is 26.3 Å². The van der Waals surface area contributed by atoms with E-state index in [1.54, 1.807) is 6.07 Å². The van der Waals surface area contributed by atoms with Crippen LogP contribution in [0.15, 0.2) is 29.4 Å². The monoisotopic (exact) mass is 390 g/mol. The molecule has 28 heavy (non-hydrogen) atoms. The third-order valence-electron chi connectivity index (χ3n) is 6.10. The maximum Gasteiger partial charge on any atom is 0.229 e. The number of piperidine rings is 1. The molecule has 2 atom stereocenters. The van der Waals surface area contributed by atoms with Crippen LogP contribution in [0.1, 0.15) is 44.1 Å². The first-order chi connectivity index (χ1) is 13.6. The summed E-state index contributed by atoms with van der Waals surface area (Å²) >= 11 is 0. The Morgan fingerprint density at radius 2 is 2.18 bits per heavy atom. The number of carbonyl (C=O) groups excluding carboxylic acids is 1. The SMILES string of the molecule is O=C(N1CCC[C@@H](O)C1)C1(C[C@@H]2CC(c3cccc(F)c3)=NO2)CCOCC1. The molecule has 1 aromatic carbocycles. The number of likely N-dealkylation sites (tertiary alicyclic amines) is 1. The van der Waals surface area contributed by atoms with Gasteiger partial charge in [-0.05, 0) is 37.8 Å². The number of aliphatic hydroxyl groups is 1. The Balaban J connectivity index is 1.46. The van der Waals surface area contributed by atoms with Crippen LogP contribution >= 0.6 is 0 Å². The van der Waals surface area contributed by atoms with Crippen LogP contribution in [0.25, 0.3) is 0 Å². The first-order valence-electron chi connectivity index (χ1n) is 10.1. The third-order valence-corrected chi connectivity index (χ3v) is 6.10. The van der Waals surface area contributed by atoms with Gasteiger partial charge in [-0.3, -0.25) is 4.79 Å². The summed E-state index contributed by atoms with van der Waals surface area (Å²) in [5.74, 6) is -0.208. The van der Waals surface area contributed by atoms with E-state index in [1.807, 2.05) is 11.0 Å². The van der Waals surface area contributed by atoms with Gasteiger partial charge in [0.2, 0.25) is 5.91 Å². The number of carbonyl (C=O) groups is 1. The van der Waals surface area contributed by atoms with Crippen LogP contribution in [0.5, 0.6) is 0 Å². The molecule has 1 N–H and O–H groups in total. The predicted molar refractivity (Wildman–Crippen MR) is 101 cm³/mol. The summed E-state index contributed by atoms with van der Waals surface area (Å²) in [5.41, 5.74) is 0.883. The van der Waals surface area contributed by atoms with Gasteiger partial charge in [0.05, 0.1) is 17.2 Å². The summed E-state index contributed by atoms with van der Waals surface area (Å²) in [6.07, 6.45) is 3.32. The van der Waals surface area contributed by atoms with E-state index in [0.29, 0.717) is 63.3 Å². The second kappa shape index (κ2) is 8.17. The minimum absolute atomic E-state index is 0.0948. The van der Waals surface area contributed by atoms with Crippen molar-refractivity contribution in [1.29, 1.82) is 0 Å². The Morgan fingerprint density at radius 1 is 1.36 bits per heavy atom. The second-order valence-corrected chi connectivity index (χ2v) is 8.12. The van der Waals surface area contributed by atoms with Crippen molar-refractivity contribution in [2.24, 2.45) is 10.6 Å². The second-order valence-electron chi connectivity index (χ2n) is 8.12. The van der Waals surface area contributed by atoms with E-state index in [2.05, 4.69) is 5.16 Å². The van der Waals surface area contributed by atoms with Crippen LogP contribution in [0.2, 0.25) is 0 Å². The van der Waals surface area contributed by atoms with Crippen LogP contribution in [0.4, 0.5) is 4.39 Å². The van der Waals surface area contributed by atoms with Gasteiger partial charge in [0.1, 0.15) is 11.9 Å². The molecule has 3 heterocycles. The van der Waals surface area contributed by atoms with E-state index in [-0.39, 0.29) is 17.8 Å². The molecule has 0 aliphatic carbocycles. The summed E-state index contributed by atoms with van der Waals surface area (Å²) in [7, 11) is 0. The molecule has 6 nitrogen and oxygen atoms in total. The Hall–Kier alpha value is -1.99. The number of halogens is 1. The Morgan fingerprint density at radius 3 is 2.93 bits per heavy atom. The van der Waals surface area contributed by atoms with Gasteiger partial charge in [-0.25, -0.2) is 4.39 Å². The molecular formula is C21H27FN2O4. The number of rotatable bonds is 4. The molecule has 0 saturated carbocycles. The summed E-state index contributed by atoms with van der Waals surface area (Å²) in [4.78, 5) is 20.9. The fraction of sp³-hybridized carbons (Fsp3) is 0.619. The molecule has 7 heteroatoms. The molecule has 2 fully saturated rings. The van der Waals surface area contributed by atoms with Gasteiger partial charge in [-0.1, -0.05) is 17.3 Å². The van der Waals surface area contributed by atoms with Gasteiger partial charge in [0, 0.05) is 44.7 Å². The number of ether oxygens (including phenoxy) is 1. The minimum Gasteiger partial charge on any atom is -0.392 e. The van der Waals surface area contributed by atoms with Gasteiger partial charge in [-0.2, -0.15) is 0 Å². The maximum atomic E-state index is 13.5. The van der Waals surface area contributed by atoms with E-state index in [4.69, 9.17) is 9.57 Å². The summed E-state index contributed by atoms with van der Waals surface area (Å²) in [5, 5.41) is 14.1. The van der Waals surface area contributed by atoms with Crippen molar-refractivity contribution in [3.8, 4) is 0 Å². The molecule has 1 aromatic rings. The highest BCUT2D eigenvalue weighted by atomic mass is 19.1. The van der Waals surface area contributed by atoms with E-state index in [9.17, 15) is 14.3 Å². The van der Waals surface area contributed by atoms with Gasteiger partial charge >= 0.3 is 0 Å². The van der Waals surface area contributed by atoms with E-state index in [0.717, 1.165) is 12.8 Å². The van der Waals surface area contributed by atoms with Crippen LogP contribution in [-0.2, 0) is 14.4 Å². The smallest absolute Gasteiger partial charge is 0.229 e. The molecule has 3 aliphatic rings. The summed E-state index contributed by atoms with van der Waals surface area (Å²) < 4.78 is 19.0. The molecule has 0 spiro atoms. The summed E-state index contributed by atoms with van der Waals surface area (Å²) in [6, 6.07) is 6.33. The zero-order chi connectivity index (χ0) is 19.6. The fourth-order valence-electron chi connectivity index (χ4n) is 4.55. The average molecular weight is 390 g/mol. The molecule has 1 amide bonds. The predicted octanol–water partition coefficient (Wildman–Crippen LogP) is 2.49. The van der Waals surface area contributed by atoms with Crippen molar-refractivity contribution >= 4 is 11.6 Å². The number of amides is 1. The van der Waals surface area contributed by atoms with Crippen molar-refractivity contribution in [2.45, 2.75) is 50.7 Å². The van der Waals surface area contributed by atoms with Crippen LogP contribution in [0.3, 0.4) is 0 Å². The normalized spacial score (nSPS) is 27.2. The Labute approximate surface area is 164 Å². The highest BCUT2D eigenvalue weighted by Gasteiger charge is 2.46. The Bertz CT molecular complexity index is 748. The zero-order valence-corrected chi connectivity index (χ0v) is 16.0. The first kappa shape index (κ1) is 19.3. The van der Waals surface area contributed by atoms with Crippen LogP contribution < -0.4 is 0 Å². The molecule has 4 rings (SSSR count). The standard InChI is InChI=1S/C21H27FN2O4/c22-16-4-1-3-15(11-16)19-12-18(28-23-19)13-21(6-9-27-10-7-21)20(26)24-8-2-5-17(25)14-24/h1,3-4,11,17-18,25H,2,5-10,12-14H2/t17-,18+/m1/s1. The lowest BCUT2D eigenvalue weighted by molar-refractivity contribution is -0.154. The number of hydrogen-bond donors (Lipinski definition) is 1. The number of β-amino-alcohol motifs (C(OH)–C–C–N with tert-alkyl or cyclic N) is 1. The van der Waals surface area contributed by atoms with Gasteiger partial charge < -0.3 is 19.6 Å². The molecular weight excluding hydrogens is 363 g/mol. The molecule has 2 saturated heterocycles. The molecule has 0 unspecified atom stereocenters. The molecule has 0 aromatic heterocycles. The van der Waals surface area contributed by atoms with Crippen molar-refractivity contribution in [3.05, 3.63) is 35.6 Å². The number of benzene rings is 1. The van der Waals surface area contributed by atoms with Crippen molar-refractivity contribution < 1.29 is 23.9 Å². The zero-order valence-electron chi connectivity index (χ0n) is 16.0. The number of hydrogen-bond acceptors (Lipinski definition) is 5. The van der Waals surface area contributed by atoms with Gasteiger partial charge in [0.25, 0.3) is 0 Å². The quantitative estimate of drug-likeness (QED) is 0.858. The fourth-order valence-corrected chi connectivity index (χ4v) is 4.55. The van der Waals surface area contributed by atoms with Gasteiger partial charge in [-0.15, -0.1) is 0 Å². The third kappa shape index (κ3) is 4.05. The van der Waals surface area contributed by atoms with Crippen LogP contribution in [0, 0.1) is 11.2 Å². The van der Waals surface area contributed by atoms with Crippen molar-refractivity contribution in [3.63, 3.8) is 0 Å². The lowest BCUT2D eigenvalue weighted by Gasteiger charge is -2.42. The average Bonchev–Trinajstić information content (AvgIpc) is 3.16. The molecule has 3 aliphatic heterocycles. The maximum absolute atomic E-state index is 13.5. The first-order valence-corrected chi connectivity index (χ1v) is 10.1. The lowest BCUT2D eigenvalue weighted by atomic mass is 9.73. The number of aliphatic hydroxyl groups excluding tert-OH is 1. The van der Waals surface area contributed by atoms with E-state index < -0.39 is 11.5 Å². The lowest BCUT2D eigenvalue weighted by Crippen LogP contribution is -2.52. The Kier molecular flexibility index (Phi) is 5.64. The van der Waals surface area contributed by atoms with Gasteiger partial charge in [0.15, 0.2) is 0 Å². The molecule has 152 valence electrons. The van der Waals surface area contributed by atoms with E-state index in [1.165, 1.54) is 12.1 Å². The van der Waals surface area contributed by atoms with Crippen molar-refractivity contribution in [1.82, 2.24) is 4.90 Å². The van der Waals surface area contributed by atoms with Crippen LogP contribution in [-0.4, -0.2) is 60.1 Å². The number of nitrogens with zero attached hydrogens (tertiary/aromatic N) is 2. The largest absolute Gasteiger partial charge is 0.392 e. The number of oxime groups is 1. The molecule has 0 radical (unpaired) electrons. The topological polar surface area (TPSA) is 71.4 Å². The minimum atomic E-state index is -0.549. The van der Waals surface area contributed by atoms with E-state index >= 15 is 0 Å². The molecule has 0 bridgehead atoms. The highest BCUT2D eigenvalue weighted by Crippen LogP contribution is 2.40. The summed E-state index contributed by atoms with van der Waals surface area (Å²) in [6.45, 7) is 2.19.